The Morgan fingerprint density at radius 3 is 2.33 bits per heavy atom. The van der Waals surface area contributed by atoms with Crippen LogP contribution in [0.4, 0.5) is 0 Å². The lowest BCUT2D eigenvalue weighted by Gasteiger charge is -2.33. The van der Waals surface area contributed by atoms with Gasteiger partial charge >= 0.3 is 0 Å². The molecule has 2 aliphatic carbocycles. The highest BCUT2D eigenvalue weighted by Gasteiger charge is 2.30. The fourth-order valence-corrected chi connectivity index (χ4v) is 3.31. The summed E-state index contributed by atoms with van der Waals surface area (Å²) in [7, 11) is 0. The van der Waals surface area contributed by atoms with Crippen LogP contribution in [0.5, 0.6) is 0 Å². The summed E-state index contributed by atoms with van der Waals surface area (Å²) in [4.78, 5) is 4.83. The van der Waals surface area contributed by atoms with E-state index in [0.29, 0.717) is 11.8 Å². The van der Waals surface area contributed by atoms with Gasteiger partial charge in [-0.25, -0.2) is 0 Å². The second-order valence-corrected chi connectivity index (χ2v) is 7.36. The number of nitrogens with zero attached hydrogens (tertiary/aromatic N) is 5. The fourth-order valence-electron chi connectivity index (χ4n) is 3.31. The molecule has 0 spiro atoms. The summed E-state index contributed by atoms with van der Waals surface area (Å²) in [6, 6.07) is 2.14. The Kier molecular flexibility index (Phi) is 3.63. The lowest BCUT2D eigenvalue weighted by atomic mass is 10.2. The summed E-state index contributed by atoms with van der Waals surface area (Å²) in [6.45, 7) is 5.77. The fraction of sp³-hybridized carbons (Fsp3) is 0.706. The Morgan fingerprint density at radius 2 is 1.62 bits per heavy atom. The molecular weight excluding hydrogens is 306 g/mol. The van der Waals surface area contributed by atoms with E-state index in [0.717, 1.165) is 62.5 Å². The van der Waals surface area contributed by atoms with Crippen LogP contribution in [-0.2, 0) is 13.1 Å². The number of rotatable bonds is 6. The maximum absolute atomic E-state index is 5.76. The number of hydrogen-bond donors (Lipinski definition) is 0. The summed E-state index contributed by atoms with van der Waals surface area (Å²) < 4.78 is 11.2. The Labute approximate surface area is 141 Å². The first-order valence-electron chi connectivity index (χ1n) is 9.06. The van der Waals surface area contributed by atoms with Crippen molar-refractivity contribution in [2.75, 3.05) is 26.2 Å². The van der Waals surface area contributed by atoms with E-state index in [1.54, 1.807) is 0 Å². The molecule has 7 heteroatoms. The van der Waals surface area contributed by atoms with E-state index in [2.05, 4.69) is 31.2 Å². The van der Waals surface area contributed by atoms with Crippen molar-refractivity contribution in [2.45, 2.75) is 50.6 Å². The maximum atomic E-state index is 5.76. The molecule has 0 atom stereocenters. The van der Waals surface area contributed by atoms with Crippen molar-refractivity contribution in [1.82, 2.24) is 25.2 Å². The van der Waals surface area contributed by atoms with Crippen LogP contribution in [0.3, 0.4) is 0 Å². The van der Waals surface area contributed by atoms with Crippen molar-refractivity contribution in [3.8, 4) is 0 Å². The average Bonchev–Trinajstić information content (AvgIpc) is 3.53. The number of hydrogen-bond acceptors (Lipinski definition) is 7. The van der Waals surface area contributed by atoms with E-state index >= 15 is 0 Å². The van der Waals surface area contributed by atoms with Crippen LogP contribution in [-0.4, -0.2) is 51.3 Å². The zero-order chi connectivity index (χ0) is 15.9. The van der Waals surface area contributed by atoms with Gasteiger partial charge in [-0.3, -0.25) is 9.80 Å². The quantitative estimate of drug-likeness (QED) is 0.804. The van der Waals surface area contributed by atoms with E-state index in [1.165, 1.54) is 25.7 Å². The second kappa shape index (κ2) is 5.97. The summed E-state index contributed by atoms with van der Waals surface area (Å²) in [5.41, 5.74) is 1.07. The molecule has 0 amide bonds. The van der Waals surface area contributed by atoms with Crippen molar-refractivity contribution in [3.05, 3.63) is 29.3 Å². The van der Waals surface area contributed by atoms with E-state index in [1.807, 2.05) is 0 Å². The highest BCUT2D eigenvalue weighted by Crippen LogP contribution is 2.40. The summed E-state index contributed by atoms with van der Waals surface area (Å²) in [5.74, 6) is 3.84. The molecule has 3 heterocycles. The molecule has 7 nitrogen and oxygen atoms in total. The van der Waals surface area contributed by atoms with Crippen LogP contribution in [0.15, 0.2) is 15.0 Å². The largest absolute Gasteiger partial charge is 0.424 e. The van der Waals surface area contributed by atoms with Crippen LogP contribution < -0.4 is 0 Å². The van der Waals surface area contributed by atoms with Gasteiger partial charge in [-0.05, 0) is 25.7 Å². The van der Waals surface area contributed by atoms with Gasteiger partial charge in [-0.2, -0.15) is 0 Å². The smallest absolute Gasteiger partial charge is 0.230 e. The van der Waals surface area contributed by atoms with Crippen molar-refractivity contribution in [2.24, 2.45) is 0 Å². The van der Waals surface area contributed by atoms with Gasteiger partial charge in [0.1, 0.15) is 5.76 Å². The highest BCUT2D eigenvalue weighted by molar-refractivity contribution is 5.14. The van der Waals surface area contributed by atoms with Gasteiger partial charge in [0.25, 0.3) is 0 Å². The van der Waals surface area contributed by atoms with Crippen molar-refractivity contribution in [1.29, 1.82) is 0 Å². The van der Waals surface area contributed by atoms with Gasteiger partial charge in [0.05, 0.1) is 12.2 Å². The third-order valence-electron chi connectivity index (χ3n) is 5.18. The third kappa shape index (κ3) is 3.23. The first-order valence-corrected chi connectivity index (χ1v) is 9.06. The van der Waals surface area contributed by atoms with Crippen LogP contribution >= 0.6 is 0 Å². The first kappa shape index (κ1) is 14.6. The van der Waals surface area contributed by atoms with E-state index in [4.69, 9.17) is 8.94 Å². The maximum Gasteiger partial charge on any atom is 0.230 e. The summed E-state index contributed by atoms with van der Waals surface area (Å²) in [5, 5.41) is 12.6. The number of piperazine rings is 1. The monoisotopic (exact) mass is 329 g/mol. The van der Waals surface area contributed by atoms with Crippen LogP contribution in [0, 0.1) is 0 Å². The lowest BCUT2D eigenvalue weighted by molar-refractivity contribution is 0.112. The Hall–Kier alpha value is -1.73. The van der Waals surface area contributed by atoms with E-state index < -0.39 is 0 Å². The minimum atomic E-state index is 0.533. The average molecular weight is 329 g/mol. The molecule has 5 rings (SSSR count). The lowest BCUT2D eigenvalue weighted by Crippen LogP contribution is -2.45. The standard InChI is InChI=1S/C17H23N5O2/c1-2-12(1)15-9-14(20-24-15)10-21-5-7-22(8-6-21)11-16-18-19-17(23-16)13-3-4-13/h9,12-13H,1-8,10-11H2. The van der Waals surface area contributed by atoms with Crippen molar-refractivity contribution >= 4 is 0 Å². The zero-order valence-corrected chi connectivity index (χ0v) is 13.9. The zero-order valence-electron chi connectivity index (χ0n) is 13.9. The predicted molar refractivity (Wildman–Crippen MR) is 85.3 cm³/mol. The van der Waals surface area contributed by atoms with Gasteiger partial charge < -0.3 is 8.94 Å². The third-order valence-corrected chi connectivity index (χ3v) is 5.18. The molecule has 0 N–H and O–H groups in total. The van der Waals surface area contributed by atoms with Gasteiger partial charge in [0.15, 0.2) is 0 Å². The molecule has 128 valence electrons. The molecule has 0 aromatic carbocycles. The van der Waals surface area contributed by atoms with Crippen LogP contribution in [0.1, 0.15) is 60.8 Å². The van der Waals surface area contributed by atoms with Gasteiger partial charge in [0, 0.05) is 50.6 Å². The molecule has 1 aliphatic heterocycles. The Balaban J connectivity index is 1.10. The Morgan fingerprint density at radius 1 is 0.917 bits per heavy atom. The predicted octanol–water partition coefficient (Wildman–Crippen LogP) is 2.13. The van der Waals surface area contributed by atoms with Crippen molar-refractivity contribution in [3.63, 3.8) is 0 Å². The van der Waals surface area contributed by atoms with Crippen LogP contribution in [0.25, 0.3) is 0 Å². The second-order valence-electron chi connectivity index (χ2n) is 7.36. The van der Waals surface area contributed by atoms with E-state index in [-0.39, 0.29) is 0 Å². The normalized spacial score (nSPS) is 23.0. The topological polar surface area (TPSA) is 71.4 Å². The molecule has 2 aromatic rings. The van der Waals surface area contributed by atoms with Crippen LogP contribution in [0.2, 0.25) is 0 Å². The van der Waals surface area contributed by atoms with Gasteiger partial charge in [0.2, 0.25) is 11.8 Å². The molecule has 0 bridgehead atoms. The van der Waals surface area contributed by atoms with E-state index in [9.17, 15) is 0 Å². The first-order chi connectivity index (χ1) is 11.8. The molecule has 2 saturated carbocycles. The molecule has 0 radical (unpaired) electrons. The highest BCUT2D eigenvalue weighted by atomic mass is 16.5. The minimum Gasteiger partial charge on any atom is -0.424 e. The molecule has 3 aliphatic rings. The Bertz CT molecular complexity index is 635. The molecular formula is C17H23N5O2. The van der Waals surface area contributed by atoms with Crippen molar-refractivity contribution < 1.29 is 8.94 Å². The summed E-state index contributed by atoms with van der Waals surface area (Å²) in [6.07, 6.45) is 4.91. The molecule has 0 unspecified atom stereocenters. The summed E-state index contributed by atoms with van der Waals surface area (Å²) >= 11 is 0. The molecule has 3 fully saturated rings. The molecule has 1 saturated heterocycles. The van der Waals surface area contributed by atoms with Gasteiger partial charge in [-0.15, -0.1) is 10.2 Å². The minimum absolute atomic E-state index is 0.533. The SMILES string of the molecule is c1c(CN2CCN(Cc3nnc(C4CC4)o3)CC2)noc1C1CC1. The van der Waals surface area contributed by atoms with Gasteiger partial charge in [-0.1, -0.05) is 5.16 Å². The molecule has 2 aromatic heterocycles. The number of aromatic nitrogens is 3. The molecule has 24 heavy (non-hydrogen) atoms.